The number of para-hydroxylation sites is 1. The minimum absolute atomic E-state index is 0.118. The topological polar surface area (TPSA) is 64.0 Å². The second-order valence-electron chi connectivity index (χ2n) is 6.31. The molecule has 2 aromatic heterocycles. The van der Waals surface area contributed by atoms with Gasteiger partial charge in [0.25, 0.3) is 0 Å². The van der Waals surface area contributed by atoms with Crippen LogP contribution in [-0.4, -0.2) is 21.7 Å². The van der Waals surface area contributed by atoms with Gasteiger partial charge in [-0.2, -0.15) is 0 Å². The van der Waals surface area contributed by atoms with Gasteiger partial charge in [-0.05, 0) is 25.1 Å². The molecule has 1 amide bonds. The van der Waals surface area contributed by atoms with E-state index < -0.39 is 0 Å². The summed E-state index contributed by atoms with van der Waals surface area (Å²) in [7, 11) is 0. The van der Waals surface area contributed by atoms with Gasteiger partial charge in [-0.1, -0.05) is 46.3 Å². The van der Waals surface area contributed by atoms with Crippen molar-refractivity contribution in [3.63, 3.8) is 0 Å². The van der Waals surface area contributed by atoms with E-state index in [1.165, 1.54) is 11.3 Å². The number of carbonyl (C=O) groups excluding carboxylic acids is 2. The third-order valence-corrected chi connectivity index (χ3v) is 5.88. The van der Waals surface area contributed by atoms with E-state index in [-0.39, 0.29) is 12.5 Å². The molecule has 4 rings (SSSR count). The van der Waals surface area contributed by atoms with Crippen molar-refractivity contribution in [2.24, 2.45) is 0 Å². The lowest BCUT2D eigenvalue weighted by atomic mass is 10.1. The zero-order chi connectivity index (χ0) is 19.7. The number of anilines is 1. The van der Waals surface area contributed by atoms with E-state index in [0.717, 1.165) is 38.6 Å². The quantitative estimate of drug-likeness (QED) is 0.417. The Morgan fingerprint density at radius 1 is 1.21 bits per heavy atom. The van der Waals surface area contributed by atoms with Gasteiger partial charge in [-0.3, -0.25) is 9.59 Å². The zero-order valence-electron chi connectivity index (χ0n) is 15.0. The summed E-state index contributed by atoms with van der Waals surface area (Å²) in [5.74, 6) is -0.182. The summed E-state index contributed by atoms with van der Waals surface area (Å²) in [5, 5.41) is 6.18. The van der Waals surface area contributed by atoms with Crippen LogP contribution in [0.25, 0.3) is 22.2 Å². The number of aldehydes is 1. The Balaban J connectivity index is 1.54. The van der Waals surface area contributed by atoms with E-state index in [9.17, 15) is 9.59 Å². The number of nitrogens with one attached hydrogen (secondary N) is 1. The molecule has 28 heavy (non-hydrogen) atoms. The molecule has 0 atom stereocenters. The molecule has 0 saturated heterocycles. The molecule has 0 fully saturated rings. The predicted molar refractivity (Wildman–Crippen MR) is 116 cm³/mol. The first-order chi connectivity index (χ1) is 13.6. The maximum atomic E-state index is 12.6. The van der Waals surface area contributed by atoms with Crippen molar-refractivity contribution in [3.05, 3.63) is 69.6 Å². The molecule has 1 N–H and O–H groups in total. The van der Waals surface area contributed by atoms with Crippen LogP contribution < -0.4 is 5.32 Å². The average molecular weight is 454 g/mol. The van der Waals surface area contributed by atoms with E-state index in [1.54, 1.807) is 0 Å². The molecule has 2 heterocycles. The van der Waals surface area contributed by atoms with E-state index in [2.05, 4.69) is 26.2 Å². The van der Waals surface area contributed by atoms with Gasteiger partial charge in [0.2, 0.25) is 5.91 Å². The van der Waals surface area contributed by atoms with Crippen LogP contribution in [0, 0.1) is 6.92 Å². The number of fused-ring (bicyclic) bond motifs is 1. The second-order valence-corrected chi connectivity index (χ2v) is 8.09. The fourth-order valence-electron chi connectivity index (χ4n) is 3.20. The van der Waals surface area contributed by atoms with Crippen LogP contribution in [0.3, 0.4) is 0 Å². The number of rotatable bonds is 5. The van der Waals surface area contributed by atoms with Crippen LogP contribution >= 0.6 is 27.3 Å². The second kappa shape index (κ2) is 7.69. The molecule has 0 spiro atoms. The third-order valence-electron chi connectivity index (χ3n) is 4.59. The standard InChI is InChI=1S/C21H16BrN3O2S/c1-13-17(11-26)16-4-2-3-5-19(16)25(13)10-20(27)24-21-23-18(12-28-21)14-6-8-15(22)9-7-14/h2-9,11-12H,10H2,1H3,(H,23,24,27). The van der Waals surface area contributed by atoms with Crippen LogP contribution in [0.1, 0.15) is 16.1 Å². The maximum Gasteiger partial charge on any atom is 0.246 e. The summed E-state index contributed by atoms with van der Waals surface area (Å²) in [4.78, 5) is 28.6. The molecule has 5 nitrogen and oxygen atoms in total. The summed E-state index contributed by atoms with van der Waals surface area (Å²) in [5.41, 5.74) is 4.07. The number of aromatic nitrogens is 2. The van der Waals surface area contributed by atoms with Crippen molar-refractivity contribution in [3.8, 4) is 11.3 Å². The SMILES string of the molecule is Cc1c(C=O)c2ccccc2n1CC(=O)Nc1nc(-c2ccc(Br)cc2)cs1. The first-order valence-corrected chi connectivity index (χ1v) is 10.3. The minimum Gasteiger partial charge on any atom is -0.335 e. The normalized spacial score (nSPS) is 10.9. The summed E-state index contributed by atoms with van der Waals surface area (Å²) >= 11 is 4.80. The first-order valence-electron chi connectivity index (χ1n) is 8.61. The monoisotopic (exact) mass is 453 g/mol. The smallest absolute Gasteiger partial charge is 0.246 e. The van der Waals surface area contributed by atoms with Gasteiger partial charge in [-0.25, -0.2) is 4.98 Å². The fraction of sp³-hybridized carbons (Fsp3) is 0.0952. The number of thiazole rings is 1. The Morgan fingerprint density at radius 2 is 1.96 bits per heavy atom. The lowest BCUT2D eigenvalue weighted by Gasteiger charge is -2.08. The molecule has 140 valence electrons. The molecule has 7 heteroatoms. The van der Waals surface area contributed by atoms with Crippen LogP contribution in [-0.2, 0) is 11.3 Å². The van der Waals surface area contributed by atoms with Gasteiger partial charge in [0.1, 0.15) is 6.54 Å². The van der Waals surface area contributed by atoms with Crippen LogP contribution in [0.2, 0.25) is 0 Å². The number of halogens is 1. The number of amides is 1. The Kier molecular flexibility index (Phi) is 5.11. The Bertz CT molecular complexity index is 1180. The maximum absolute atomic E-state index is 12.6. The van der Waals surface area contributed by atoms with E-state index >= 15 is 0 Å². The van der Waals surface area contributed by atoms with Crippen molar-refractivity contribution < 1.29 is 9.59 Å². The highest BCUT2D eigenvalue weighted by Crippen LogP contribution is 2.27. The number of hydrogen-bond donors (Lipinski definition) is 1. The highest BCUT2D eigenvalue weighted by atomic mass is 79.9. The molecule has 0 saturated carbocycles. The van der Waals surface area contributed by atoms with E-state index in [1.807, 2.05) is 65.4 Å². The van der Waals surface area contributed by atoms with Gasteiger partial charge in [0.15, 0.2) is 11.4 Å². The molecule has 0 aliphatic carbocycles. The number of hydrogen-bond acceptors (Lipinski definition) is 4. The fourth-order valence-corrected chi connectivity index (χ4v) is 4.20. The summed E-state index contributed by atoms with van der Waals surface area (Å²) < 4.78 is 2.86. The average Bonchev–Trinajstić information content (AvgIpc) is 3.25. The van der Waals surface area contributed by atoms with Crippen LogP contribution in [0.5, 0.6) is 0 Å². The van der Waals surface area contributed by atoms with Crippen molar-refractivity contribution >= 4 is 55.5 Å². The third kappa shape index (κ3) is 3.50. The van der Waals surface area contributed by atoms with Crippen molar-refractivity contribution in [2.75, 3.05) is 5.32 Å². The Hall–Kier alpha value is -2.77. The lowest BCUT2D eigenvalue weighted by Crippen LogP contribution is -2.19. The molecular weight excluding hydrogens is 438 g/mol. The Morgan fingerprint density at radius 3 is 2.71 bits per heavy atom. The number of nitrogens with zero attached hydrogens (tertiary/aromatic N) is 2. The molecule has 0 aliphatic rings. The van der Waals surface area contributed by atoms with Gasteiger partial charge < -0.3 is 9.88 Å². The number of benzene rings is 2. The lowest BCUT2D eigenvalue weighted by molar-refractivity contribution is -0.116. The van der Waals surface area contributed by atoms with Crippen molar-refractivity contribution in [1.82, 2.24) is 9.55 Å². The highest BCUT2D eigenvalue weighted by Gasteiger charge is 2.16. The van der Waals surface area contributed by atoms with Gasteiger partial charge in [0.05, 0.1) is 5.69 Å². The molecule has 4 aromatic rings. The van der Waals surface area contributed by atoms with Gasteiger partial charge in [-0.15, -0.1) is 11.3 Å². The van der Waals surface area contributed by atoms with Gasteiger partial charge >= 0.3 is 0 Å². The van der Waals surface area contributed by atoms with E-state index in [4.69, 9.17) is 0 Å². The molecule has 0 aliphatic heterocycles. The largest absolute Gasteiger partial charge is 0.335 e. The summed E-state index contributed by atoms with van der Waals surface area (Å²) in [6, 6.07) is 15.5. The molecule has 0 bridgehead atoms. The summed E-state index contributed by atoms with van der Waals surface area (Å²) in [6.07, 6.45) is 0.845. The first kappa shape index (κ1) is 18.6. The number of carbonyl (C=O) groups is 2. The van der Waals surface area contributed by atoms with Gasteiger partial charge in [0, 0.05) is 37.6 Å². The Labute approximate surface area is 174 Å². The van der Waals surface area contributed by atoms with Crippen LogP contribution in [0.15, 0.2) is 58.4 Å². The predicted octanol–water partition coefficient (Wildman–Crippen LogP) is 5.29. The van der Waals surface area contributed by atoms with E-state index in [0.29, 0.717) is 10.7 Å². The minimum atomic E-state index is -0.182. The zero-order valence-corrected chi connectivity index (χ0v) is 17.4. The molecule has 0 unspecified atom stereocenters. The van der Waals surface area contributed by atoms with Crippen molar-refractivity contribution in [1.29, 1.82) is 0 Å². The molecular formula is C21H16BrN3O2S. The summed E-state index contributed by atoms with van der Waals surface area (Å²) in [6.45, 7) is 1.97. The molecule has 2 aromatic carbocycles. The highest BCUT2D eigenvalue weighted by molar-refractivity contribution is 9.10. The van der Waals surface area contributed by atoms with Crippen LogP contribution in [0.4, 0.5) is 5.13 Å². The van der Waals surface area contributed by atoms with Crippen molar-refractivity contribution in [2.45, 2.75) is 13.5 Å². The molecule has 0 radical (unpaired) electrons.